The van der Waals surface area contributed by atoms with Crippen LogP contribution in [0, 0.1) is 5.82 Å². The third-order valence-corrected chi connectivity index (χ3v) is 3.89. The van der Waals surface area contributed by atoms with E-state index in [0.29, 0.717) is 24.2 Å². The average Bonchev–Trinajstić information content (AvgIpc) is 3.02. The van der Waals surface area contributed by atoms with Crippen molar-refractivity contribution >= 4 is 16.8 Å². The quantitative estimate of drug-likeness (QED) is 0.613. The van der Waals surface area contributed by atoms with Gasteiger partial charge in [0.25, 0.3) is 0 Å². The maximum absolute atomic E-state index is 14.0. The summed E-state index contributed by atoms with van der Waals surface area (Å²) in [5.74, 6) is -0.638. The molecule has 118 valence electrons. The lowest BCUT2D eigenvalue weighted by atomic mass is 10.1. The Balaban J connectivity index is 1.61. The normalized spacial score (nSPS) is 11.0. The lowest BCUT2D eigenvalue weighted by Crippen LogP contribution is -2.18. The minimum absolute atomic E-state index is 0.208. The van der Waals surface area contributed by atoms with Crippen LogP contribution in [0.3, 0.4) is 0 Å². The highest BCUT2D eigenvalue weighted by Gasteiger charge is 2.08. The van der Waals surface area contributed by atoms with Gasteiger partial charge >= 0.3 is 0 Å². The molecule has 0 aliphatic carbocycles. The van der Waals surface area contributed by atoms with E-state index in [9.17, 15) is 9.18 Å². The van der Waals surface area contributed by atoms with E-state index in [4.69, 9.17) is 5.73 Å². The second-order valence-corrected chi connectivity index (χ2v) is 5.46. The molecule has 3 rings (SSSR count). The minimum Gasteiger partial charge on any atom is -0.366 e. The lowest BCUT2D eigenvalue weighted by molar-refractivity contribution is 0.1000. The zero-order valence-corrected chi connectivity index (χ0v) is 12.6. The summed E-state index contributed by atoms with van der Waals surface area (Å²) in [5.41, 5.74) is 8.39. The van der Waals surface area contributed by atoms with E-state index < -0.39 is 5.91 Å². The van der Waals surface area contributed by atoms with E-state index in [1.54, 1.807) is 18.2 Å². The summed E-state index contributed by atoms with van der Waals surface area (Å²) in [5, 5.41) is 4.15. The first-order valence-corrected chi connectivity index (χ1v) is 7.49. The summed E-state index contributed by atoms with van der Waals surface area (Å²) in [6.45, 7) is 1.14. The van der Waals surface area contributed by atoms with Crippen molar-refractivity contribution in [3.05, 3.63) is 71.2 Å². The summed E-state index contributed by atoms with van der Waals surface area (Å²) in [7, 11) is 0. The topological polar surface area (TPSA) is 70.9 Å². The van der Waals surface area contributed by atoms with Crippen LogP contribution in [0.15, 0.2) is 48.7 Å². The van der Waals surface area contributed by atoms with Crippen LogP contribution < -0.4 is 11.1 Å². The molecule has 1 amide bonds. The number of amides is 1. The van der Waals surface area contributed by atoms with Crippen molar-refractivity contribution in [2.24, 2.45) is 5.73 Å². The third-order valence-electron chi connectivity index (χ3n) is 3.89. The summed E-state index contributed by atoms with van der Waals surface area (Å²) < 4.78 is 14.0. The van der Waals surface area contributed by atoms with Gasteiger partial charge in [-0.3, -0.25) is 4.79 Å². The molecule has 3 aromatic rings. The molecule has 0 unspecified atom stereocenters. The number of hydrogen-bond donors (Lipinski definition) is 3. The number of nitrogens with two attached hydrogens (primary N) is 1. The predicted molar refractivity (Wildman–Crippen MR) is 88.6 cm³/mol. The Labute approximate surface area is 133 Å². The first-order valence-electron chi connectivity index (χ1n) is 7.49. The molecule has 1 heterocycles. The summed E-state index contributed by atoms with van der Waals surface area (Å²) in [6, 6.07) is 12.3. The standard InChI is InChI=1S/C18H18FN3O/c19-16-4-5-17-14(7-9-22-17)15(16)11-21-8-6-12-2-1-3-13(10-12)18(20)23/h1-5,7,9-10,21-22H,6,8,11H2,(H2,20,23). The zero-order chi connectivity index (χ0) is 16.2. The molecule has 0 fully saturated rings. The van der Waals surface area contributed by atoms with Crippen molar-refractivity contribution in [3.63, 3.8) is 0 Å². The largest absolute Gasteiger partial charge is 0.366 e. The molecule has 2 aromatic carbocycles. The van der Waals surface area contributed by atoms with Gasteiger partial charge in [-0.1, -0.05) is 12.1 Å². The molecule has 0 saturated heterocycles. The summed E-state index contributed by atoms with van der Waals surface area (Å²) in [4.78, 5) is 14.2. The molecule has 5 heteroatoms. The second-order valence-electron chi connectivity index (χ2n) is 5.46. The first-order chi connectivity index (χ1) is 11.1. The highest BCUT2D eigenvalue weighted by atomic mass is 19.1. The molecular formula is C18H18FN3O. The fourth-order valence-electron chi connectivity index (χ4n) is 2.67. The molecule has 0 saturated carbocycles. The van der Waals surface area contributed by atoms with Crippen LogP contribution in [0.2, 0.25) is 0 Å². The van der Waals surface area contributed by atoms with Crippen LogP contribution in [-0.4, -0.2) is 17.4 Å². The number of aromatic amines is 1. The molecule has 0 bridgehead atoms. The van der Waals surface area contributed by atoms with Crippen molar-refractivity contribution in [2.75, 3.05) is 6.54 Å². The maximum Gasteiger partial charge on any atom is 0.248 e. The van der Waals surface area contributed by atoms with E-state index in [1.807, 2.05) is 24.4 Å². The van der Waals surface area contributed by atoms with Gasteiger partial charge in [-0.05, 0) is 48.9 Å². The first kappa shape index (κ1) is 15.2. The van der Waals surface area contributed by atoms with Crippen molar-refractivity contribution in [3.8, 4) is 0 Å². The van der Waals surface area contributed by atoms with Gasteiger partial charge in [-0.15, -0.1) is 0 Å². The Morgan fingerprint density at radius 1 is 1.22 bits per heavy atom. The number of aromatic nitrogens is 1. The van der Waals surface area contributed by atoms with Gasteiger partial charge in [-0.2, -0.15) is 0 Å². The highest BCUT2D eigenvalue weighted by Crippen LogP contribution is 2.20. The Morgan fingerprint density at radius 3 is 2.91 bits per heavy atom. The number of H-pyrrole nitrogens is 1. The number of carbonyl (C=O) groups excluding carboxylic acids is 1. The Bertz CT molecular complexity index is 841. The number of rotatable bonds is 6. The van der Waals surface area contributed by atoms with E-state index in [0.717, 1.165) is 22.9 Å². The molecule has 0 aliphatic rings. The average molecular weight is 311 g/mol. The third kappa shape index (κ3) is 3.40. The molecule has 4 nitrogen and oxygen atoms in total. The molecule has 0 atom stereocenters. The van der Waals surface area contributed by atoms with Gasteiger partial charge in [0.1, 0.15) is 5.82 Å². The molecule has 23 heavy (non-hydrogen) atoms. The van der Waals surface area contributed by atoms with E-state index in [1.165, 1.54) is 6.07 Å². The number of nitrogens with one attached hydrogen (secondary N) is 2. The molecule has 0 spiro atoms. The summed E-state index contributed by atoms with van der Waals surface area (Å²) in [6.07, 6.45) is 2.55. The number of fused-ring (bicyclic) bond motifs is 1. The number of hydrogen-bond acceptors (Lipinski definition) is 2. The van der Waals surface area contributed by atoms with Gasteiger partial charge < -0.3 is 16.0 Å². The zero-order valence-electron chi connectivity index (χ0n) is 12.6. The Hall–Kier alpha value is -2.66. The molecule has 0 radical (unpaired) electrons. The maximum atomic E-state index is 14.0. The molecular weight excluding hydrogens is 293 g/mol. The highest BCUT2D eigenvalue weighted by molar-refractivity contribution is 5.92. The predicted octanol–water partition coefficient (Wildman–Crippen LogP) is 2.74. The number of halogens is 1. The van der Waals surface area contributed by atoms with Gasteiger partial charge in [0.15, 0.2) is 0 Å². The van der Waals surface area contributed by atoms with Crippen LogP contribution in [0.25, 0.3) is 10.9 Å². The monoisotopic (exact) mass is 311 g/mol. The van der Waals surface area contributed by atoms with Gasteiger partial charge in [0.2, 0.25) is 5.91 Å². The Morgan fingerprint density at radius 2 is 2.09 bits per heavy atom. The van der Waals surface area contributed by atoms with Crippen LogP contribution in [0.1, 0.15) is 21.5 Å². The van der Waals surface area contributed by atoms with Crippen molar-refractivity contribution in [2.45, 2.75) is 13.0 Å². The van der Waals surface area contributed by atoms with Crippen LogP contribution in [-0.2, 0) is 13.0 Å². The van der Waals surface area contributed by atoms with Crippen molar-refractivity contribution < 1.29 is 9.18 Å². The fraction of sp³-hybridized carbons (Fsp3) is 0.167. The number of benzene rings is 2. The lowest BCUT2D eigenvalue weighted by Gasteiger charge is -2.08. The fourth-order valence-corrected chi connectivity index (χ4v) is 2.67. The minimum atomic E-state index is -0.430. The number of primary amides is 1. The molecule has 0 aliphatic heterocycles. The summed E-state index contributed by atoms with van der Waals surface area (Å²) >= 11 is 0. The smallest absolute Gasteiger partial charge is 0.248 e. The van der Waals surface area contributed by atoms with E-state index in [-0.39, 0.29) is 5.82 Å². The van der Waals surface area contributed by atoms with E-state index in [2.05, 4.69) is 10.3 Å². The second kappa shape index (κ2) is 6.62. The SMILES string of the molecule is NC(=O)c1cccc(CCNCc2c(F)ccc3[nH]ccc23)c1. The van der Waals surface area contributed by atoms with Crippen LogP contribution in [0.4, 0.5) is 4.39 Å². The van der Waals surface area contributed by atoms with Gasteiger partial charge in [0, 0.05) is 34.8 Å². The van der Waals surface area contributed by atoms with E-state index >= 15 is 0 Å². The van der Waals surface area contributed by atoms with Crippen LogP contribution in [0.5, 0.6) is 0 Å². The van der Waals surface area contributed by atoms with Crippen LogP contribution >= 0.6 is 0 Å². The van der Waals surface area contributed by atoms with Crippen molar-refractivity contribution in [1.29, 1.82) is 0 Å². The van der Waals surface area contributed by atoms with Crippen molar-refractivity contribution in [1.82, 2.24) is 10.3 Å². The Kier molecular flexibility index (Phi) is 4.39. The van der Waals surface area contributed by atoms with Gasteiger partial charge in [-0.25, -0.2) is 4.39 Å². The number of carbonyl (C=O) groups is 1. The molecule has 1 aromatic heterocycles. The van der Waals surface area contributed by atoms with Gasteiger partial charge in [0.05, 0.1) is 0 Å². The molecule has 4 N–H and O–H groups in total.